The Kier molecular flexibility index (Phi) is 7.48. The Hall–Kier alpha value is -2.77. The summed E-state index contributed by atoms with van der Waals surface area (Å²) in [6.45, 7) is 3.71. The molecule has 1 aliphatic carbocycles. The molecule has 2 fully saturated rings. The van der Waals surface area contributed by atoms with Gasteiger partial charge in [0.25, 0.3) is 5.79 Å². The maximum atomic E-state index is 11.1. The van der Waals surface area contributed by atoms with E-state index in [1.165, 1.54) is 17.5 Å². The van der Waals surface area contributed by atoms with E-state index in [2.05, 4.69) is 28.4 Å². The van der Waals surface area contributed by atoms with Crippen molar-refractivity contribution < 1.29 is 23.7 Å². The van der Waals surface area contributed by atoms with Gasteiger partial charge in [0.15, 0.2) is 11.5 Å². The third-order valence-corrected chi connectivity index (χ3v) is 8.97. The van der Waals surface area contributed by atoms with Crippen LogP contribution >= 0.6 is 0 Å². The number of carbonyl (C=O) groups is 1. The zero-order valence-corrected chi connectivity index (χ0v) is 22.5. The van der Waals surface area contributed by atoms with Crippen molar-refractivity contribution in [1.29, 1.82) is 0 Å². The Bertz CT molecular complexity index is 1110. The summed E-state index contributed by atoms with van der Waals surface area (Å²) in [6.07, 6.45) is 10.3. The lowest BCUT2D eigenvalue weighted by molar-refractivity contribution is -0.111. The maximum absolute atomic E-state index is 11.1. The Labute approximate surface area is 225 Å². The first kappa shape index (κ1) is 25.5. The van der Waals surface area contributed by atoms with Gasteiger partial charge >= 0.3 is 0 Å². The number of likely N-dealkylation sites (tertiary alicyclic amines) is 1. The van der Waals surface area contributed by atoms with Gasteiger partial charge in [0, 0.05) is 37.9 Å². The van der Waals surface area contributed by atoms with Gasteiger partial charge in [-0.15, -0.1) is 0 Å². The molecule has 2 aromatic carbocycles. The number of fused-ring (bicyclic) bond motifs is 3. The fraction of sp³-hybridized carbons (Fsp3) is 0.581. The first-order chi connectivity index (χ1) is 18.7. The molecule has 6 rings (SSSR count). The Morgan fingerprint density at radius 2 is 1.84 bits per heavy atom. The van der Waals surface area contributed by atoms with Crippen LogP contribution in [0.25, 0.3) is 0 Å². The van der Waals surface area contributed by atoms with E-state index < -0.39 is 5.79 Å². The first-order valence-corrected chi connectivity index (χ1v) is 14.4. The molecule has 2 atom stereocenters. The number of nitrogens with one attached hydrogen (secondary N) is 1. The van der Waals surface area contributed by atoms with Crippen molar-refractivity contribution in [1.82, 2.24) is 10.2 Å². The van der Waals surface area contributed by atoms with Gasteiger partial charge in [-0.25, -0.2) is 0 Å². The first-order valence-electron chi connectivity index (χ1n) is 14.4. The van der Waals surface area contributed by atoms with Crippen LogP contribution in [-0.2, 0) is 22.4 Å². The van der Waals surface area contributed by atoms with Crippen LogP contribution in [0.4, 0.5) is 0 Å². The van der Waals surface area contributed by atoms with Crippen molar-refractivity contribution in [3.8, 4) is 17.2 Å². The monoisotopic (exact) mass is 520 g/mol. The minimum Gasteiger partial charge on any atom is -0.497 e. The van der Waals surface area contributed by atoms with E-state index in [1.807, 2.05) is 18.2 Å². The predicted octanol–water partition coefficient (Wildman–Crippen LogP) is 4.81. The number of amides is 1. The molecule has 3 aliphatic heterocycles. The normalized spacial score (nSPS) is 24.7. The Balaban J connectivity index is 1.12. The molecule has 3 heterocycles. The molecule has 1 spiro atoms. The van der Waals surface area contributed by atoms with E-state index in [-0.39, 0.29) is 12.2 Å². The molecule has 0 radical (unpaired) electrons. The summed E-state index contributed by atoms with van der Waals surface area (Å²) >= 11 is 0. The van der Waals surface area contributed by atoms with Crippen LogP contribution in [0.2, 0.25) is 0 Å². The van der Waals surface area contributed by atoms with E-state index in [4.69, 9.17) is 18.9 Å². The highest BCUT2D eigenvalue weighted by Crippen LogP contribution is 2.51. The largest absolute Gasteiger partial charge is 0.497 e. The fourth-order valence-corrected chi connectivity index (χ4v) is 6.78. The molecule has 204 valence electrons. The summed E-state index contributed by atoms with van der Waals surface area (Å²) in [6, 6.07) is 12.6. The lowest BCUT2D eigenvalue weighted by Crippen LogP contribution is -2.43. The number of ether oxygens (including phenoxy) is 4. The average Bonchev–Trinajstić information content (AvgIpc) is 3.33. The highest BCUT2D eigenvalue weighted by molar-refractivity contribution is 5.55. The molecule has 1 saturated heterocycles. The lowest BCUT2D eigenvalue weighted by atomic mass is 9.83. The Morgan fingerprint density at radius 1 is 1.05 bits per heavy atom. The number of rotatable bonds is 8. The molecule has 38 heavy (non-hydrogen) atoms. The van der Waals surface area contributed by atoms with E-state index in [0.29, 0.717) is 12.5 Å². The fourth-order valence-electron chi connectivity index (χ4n) is 6.78. The van der Waals surface area contributed by atoms with Crippen LogP contribution in [0, 0.1) is 5.92 Å². The molecule has 0 bridgehead atoms. The zero-order valence-electron chi connectivity index (χ0n) is 22.5. The minimum absolute atomic E-state index is 0.114. The summed E-state index contributed by atoms with van der Waals surface area (Å²) < 4.78 is 25.1. The highest BCUT2D eigenvalue weighted by atomic mass is 16.7. The molecule has 1 amide bonds. The quantitative estimate of drug-likeness (QED) is 0.504. The highest BCUT2D eigenvalue weighted by Gasteiger charge is 2.45. The summed E-state index contributed by atoms with van der Waals surface area (Å²) in [4.78, 5) is 13.7. The van der Waals surface area contributed by atoms with Gasteiger partial charge in [0.05, 0.1) is 13.2 Å². The molecule has 1 saturated carbocycles. The topological polar surface area (TPSA) is 69.3 Å². The van der Waals surface area contributed by atoms with Gasteiger partial charge in [-0.2, -0.15) is 0 Å². The van der Waals surface area contributed by atoms with Crippen LogP contribution in [0.1, 0.15) is 67.7 Å². The van der Waals surface area contributed by atoms with Crippen molar-refractivity contribution in [3.05, 3.63) is 53.1 Å². The molecular formula is C31H40N2O5. The number of hydrogen-bond acceptors (Lipinski definition) is 6. The molecule has 7 nitrogen and oxygen atoms in total. The summed E-state index contributed by atoms with van der Waals surface area (Å²) in [5.41, 5.74) is 3.70. The van der Waals surface area contributed by atoms with Gasteiger partial charge in [-0.1, -0.05) is 24.6 Å². The Morgan fingerprint density at radius 3 is 2.58 bits per heavy atom. The van der Waals surface area contributed by atoms with Gasteiger partial charge in [-0.3, -0.25) is 4.79 Å². The maximum Gasteiger partial charge on any atom is 0.251 e. The second-order valence-corrected chi connectivity index (χ2v) is 11.3. The van der Waals surface area contributed by atoms with Crippen molar-refractivity contribution in [2.75, 3.05) is 33.3 Å². The van der Waals surface area contributed by atoms with Gasteiger partial charge < -0.3 is 29.2 Å². The molecule has 0 unspecified atom stereocenters. The van der Waals surface area contributed by atoms with E-state index in [1.54, 1.807) is 7.11 Å². The van der Waals surface area contributed by atoms with E-state index >= 15 is 0 Å². The van der Waals surface area contributed by atoms with Crippen LogP contribution in [0.15, 0.2) is 36.4 Å². The van der Waals surface area contributed by atoms with Crippen molar-refractivity contribution in [3.63, 3.8) is 0 Å². The number of carbonyl (C=O) groups excluding carboxylic acids is 1. The number of piperidine rings is 1. The van der Waals surface area contributed by atoms with Crippen LogP contribution in [0.5, 0.6) is 17.2 Å². The molecule has 1 N–H and O–H groups in total. The summed E-state index contributed by atoms with van der Waals surface area (Å²) in [7, 11) is 1.70. The number of benzene rings is 2. The minimum atomic E-state index is -0.491. The second kappa shape index (κ2) is 11.1. The van der Waals surface area contributed by atoms with Crippen LogP contribution in [0.3, 0.4) is 0 Å². The van der Waals surface area contributed by atoms with Crippen molar-refractivity contribution in [2.45, 2.75) is 75.8 Å². The van der Waals surface area contributed by atoms with E-state index in [0.717, 1.165) is 100 Å². The van der Waals surface area contributed by atoms with E-state index in [9.17, 15) is 4.79 Å². The van der Waals surface area contributed by atoms with Crippen LogP contribution < -0.4 is 19.5 Å². The molecule has 0 aromatic heterocycles. The molecule has 2 aromatic rings. The second-order valence-electron chi connectivity index (χ2n) is 11.3. The third-order valence-electron chi connectivity index (χ3n) is 8.97. The zero-order chi connectivity index (χ0) is 26.0. The third kappa shape index (κ3) is 5.23. The SMILES string of the molecule is COc1ccc(CCN2CCC([C@H]3Cc4c(ccc5c4OC4(CCCCC4)O5)[C@@H](CNC=O)O3)CC2)cc1. The standard InChI is InChI=1S/C31H40N2O5/c1-35-24-7-5-22(6-8-24)11-16-33-17-12-23(13-18-33)28-19-26-25(29(36-28)20-32-21-34)9-10-27-30(26)38-31(37-27)14-3-2-4-15-31/h5-10,21,23,28-29H,2-4,11-20H2,1H3,(H,32,34)/t28-,29-/m1/s1. The number of methoxy groups -OCH3 is 1. The molecule has 4 aliphatic rings. The van der Waals surface area contributed by atoms with Crippen molar-refractivity contribution in [2.24, 2.45) is 5.92 Å². The number of hydrogen-bond donors (Lipinski definition) is 1. The average molecular weight is 521 g/mol. The van der Waals surface area contributed by atoms with Gasteiger partial charge in [0.1, 0.15) is 11.9 Å². The molecule has 7 heteroatoms. The molecular weight excluding hydrogens is 480 g/mol. The lowest BCUT2D eigenvalue weighted by Gasteiger charge is -2.40. The summed E-state index contributed by atoms with van der Waals surface area (Å²) in [5.74, 6) is 2.70. The van der Waals surface area contributed by atoms with Gasteiger partial charge in [-0.05, 0) is 80.4 Å². The summed E-state index contributed by atoms with van der Waals surface area (Å²) in [5, 5.41) is 2.86. The predicted molar refractivity (Wildman–Crippen MR) is 145 cm³/mol. The van der Waals surface area contributed by atoms with Crippen molar-refractivity contribution >= 4 is 6.41 Å². The number of nitrogens with zero attached hydrogens (tertiary/aromatic N) is 1. The smallest absolute Gasteiger partial charge is 0.251 e. The van der Waals surface area contributed by atoms with Crippen LogP contribution in [-0.4, -0.2) is 56.5 Å². The van der Waals surface area contributed by atoms with Gasteiger partial charge in [0.2, 0.25) is 6.41 Å².